The van der Waals surface area contributed by atoms with Crippen LogP contribution in [0.4, 0.5) is 0 Å². The summed E-state index contributed by atoms with van der Waals surface area (Å²) >= 11 is 0. The molecule has 0 amide bonds. The minimum Gasteiger partial charge on any atom is -0.462 e. The fourth-order valence-corrected chi connectivity index (χ4v) is 7.59. The molecule has 0 aromatic rings. The van der Waals surface area contributed by atoms with E-state index in [1.807, 2.05) is 0 Å². The highest BCUT2D eigenvalue weighted by atomic mass is 16.7. The molecule has 0 radical (unpaired) electrons. The normalized spacial score (nSPS) is 58.2. The van der Waals surface area contributed by atoms with Gasteiger partial charge < -0.3 is 35.0 Å². The zero-order valence-corrected chi connectivity index (χ0v) is 16.2. The average Bonchev–Trinajstić information content (AvgIpc) is 2.97. The Morgan fingerprint density at radius 1 is 1.24 bits per heavy atom. The van der Waals surface area contributed by atoms with Gasteiger partial charge in [-0.3, -0.25) is 9.59 Å². The fourth-order valence-electron chi connectivity index (χ4n) is 7.59. The van der Waals surface area contributed by atoms with Crippen LogP contribution < -0.4 is 0 Å². The van der Waals surface area contributed by atoms with Gasteiger partial charge in [-0.05, 0) is 25.3 Å². The zero-order chi connectivity index (χ0) is 21.1. The van der Waals surface area contributed by atoms with E-state index in [4.69, 9.17) is 9.47 Å². The second kappa shape index (κ2) is 5.46. The lowest BCUT2D eigenvalue weighted by Crippen LogP contribution is -2.81. The first kappa shape index (κ1) is 19.6. The van der Waals surface area contributed by atoms with E-state index in [-0.39, 0.29) is 19.4 Å². The van der Waals surface area contributed by atoms with Gasteiger partial charge in [0.1, 0.15) is 23.9 Å². The maximum atomic E-state index is 12.6. The second-order valence-electron chi connectivity index (χ2n) is 9.72. The number of hydrogen-bond acceptors (Lipinski definition) is 9. The van der Waals surface area contributed by atoms with Crippen LogP contribution in [0.25, 0.3) is 0 Å². The van der Waals surface area contributed by atoms with Crippen molar-refractivity contribution in [2.24, 2.45) is 28.6 Å². The fraction of sp³-hybridized carbons (Fsp3) is 0.800. The van der Waals surface area contributed by atoms with E-state index in [9.17, 15) is 35.1 Å². The maximum absolute atomic E-state index is 12.6. The topological polar surface area (TPSA) is 154 Å². The molecule has 9 nitrogen and oxygen atoms in total. The van der Waals surface area contributed by atoms with Crippen LogP contribution in [0.3, 0.4) is 0 Å². The molecular weight excluding hydrogens is 384 g/mol. The SMILES string of the molecule is CC1=CC(=O)[C@@H](O)[C@]2(C)[C@H]3[C@@]4(O)OC[C@@]35[C@@H](C[C@@H]12)OC(=O)C[C@H]5[C@@](O)(CO)[C@H]4O. The van der Waals surface area contributed by atoms with Crippen molar-refractivity contribution in [3.63, 3.8) is 0 Å². The van der Waals surface area contributed by atoms with Crippen molar-refractivity contribution in [2.75, 3.05) is 13.2 Å². The van der Waals surface area contributed by atoms with Crippen LogP contribution in [0.15, 0.2) is 11.6 Å². The molecule has 2 heterocycles. The van der Waals surface area contributed by atoms with Gasteiger partial charge in [-0.1, -0.05) is 12.5 Å². The monoisotopic (exact) mass is 410 g/mol. The lowest BCUT2D eigenvalue weighted by atomic mass is 9.37. The van der Waals surface area contributed by atoms with Crippen molar-refractivity contribution in [3.05, 3.63) is 11.6 Å². The standard InChI is InChI=1S/C20H26O9/c1-8-3-10(22)14(24)17(2)9(8)4-12-18-7-28-20(27,15(17)18)16(25)19(26,6-21)11(18)5-13(23)29-12/h3,9,11-12,14-16,21,24-27H,4-7H2,1-2H3/t9-,11+,12+,14+,15+,16+,17+,18+,19-,20+/m0/s1. The van der Waals surface area contributed by atoms with Crippen LogP contribution in [-0.2, 0) is 19.1 Å². The minimum atomic E-state index is -2.33. The van der Waals surface area contributed by atoms with Gasteiger partial charge in [0.15, 0.2) is 11.6 Å². The summed E-state index contributed by atoms with van der Waals surface area (Å²) in [5.41, 5.74) is -3.89. The van der Waals surface area contributed by atoms with E-state index < -0.39 is 76.6 Å². The van der Waals surface area contributed by atoms with E-state index in [1.54, 1.807) is 13.8 Å². The molecule has 1 spiro atoms. The number of aliphatic hydroxyl groups is 5. The molecule has 0 aromatic carbocycles. The molecule has 0 aromatic heterocycles. The van der Waals surface area contributed by atoms with E-state index in [0.29, 0.717) is 5.57 Å². The highest BCUT2D eigenvalue weighted by molar-refractivity contribution is 5.96. The second-order valence-corrected chi connectivity index (χ2v) is 9.72. The predicted octanol–water partition coefficient (Wildman–Crippen LogP) is -1.75. The maximum Gasteiger partial charge on any atom is 0.306 e. The molecule has 160 valence electrons. The Hall–Kier alpha value is -1.36. The van der Waals surface area contributed by atoms with Crippen molar-refractivity contribution >= 4 is 11.8 Å². The number of rotatable bonds is 1. The number of fused-ring (bicyclic) bond motifs is 1. The van der Waals surface area contributed by atoms with Crippen molar-refractivity contribution in [1.29, 1.82) is 0 Å². The molecule has 9 heteroatoms. The first-order valence-electron chi connectivity index (χ1n) is 9.95. The first-order valence-corrected chi connectivity index (χ1v) is 9.95. The van der Waals surface area contributed by atoms with Crippen LogP contribution in [0.2, 0.25) is 0 Å². The van der Waals surface area contributed by atoms with Crippen LogP contribution in [0.5, 0.6) is 0 Å². The summed E-state index contributed by atoms with van der Waals surface area (Å²) in [6, 6.07) is 0. The third-order valence-corrected chi connectivity index (χ3v) is 8.72. The number of ether oxygens (including phenoxy) is 2. The summed E-state index contributed by atoms with van der Waals surface area (Å²) in [5, 5.41) is 54.7. The number of hydrogen-bond donors (Lipinski definition) is 5. The van der Waals surface area contributed by atoms with Crippen LogP contribution >= 0.6 is 0 Å². The summed E-state index contributed by atoms with van der Waals surface area (Å²) in [4.78, 5) is 25.0. The molecule has 2 saturated carbocycles. The molecule has 3 aliphatic carbocycles. The van der Waals surface area contributed by atoms with Gasteiger partial charge in [-0.25, -0.2) is 0 Å². The first-order chi connectivity index (χ1) is 13.5. The Morgan fingerprint density at radius 2 is 1.93 bits per heavy atom. The third-order valence-electron chi connectivity index (χ3n) is 8.72. The number of aliphatic hydroxyl groups excluding tert-OH is 3. The summed E-state index contributed by atoms with van der Waals surface area (Å²) in [5.74, 6) is -5.79. The van der Waals surface area contributed by atoms with Gasteiger partial charge in [0.25, 0.3) is 0 Å². The summed E-state index contributed by atoms with van der Waals surface area (Å²) in [6.07, 6.45) is -2.80. The molecular formula is C20H26O9. The quantitative estimate of drug-likeness (QED) is 0.317. The largest absolute Gasteiger partial charge is 0.462 e. The van der Waals surface area contributed by atoms with Crippen LogP contribution in [-0.4, -0.2) is 80.2 Å². The van der Waals surface area contributed by atoms with E-state index in [2.05, 4.69) is 0 Å². The molecule has 5 rings (SSSR count). The number of esters is 1. The van der Waals surface area contributed by atoms with Crippen molar-refractivity contribution in [3.8, 4) is 0 Å². The Morgan fingerprint density at radius 3 is 2.59 bits per heavy atom. The van der Waals surface area contributed by atoms with Gasteiger partial charge in [-0.15, -0.1) is 0 Å². The van der Waals surface area contributed by atoms with E-state index >= 15 is 0 Å². The summed E-state index contributed by atoms with van der Waals surface area (Å²) in [6.45, 7) is 2.41. The van der Waals surface area contributed by atoms with Crippen molar-refractivity contribution < 1.29 is 44.6 Å². The zero-order valence-electron chi connectivity index (χ0n) is 16.2. The molecule has 2 bridgehead atoms. The lowest BCUT2D eigenvalue weighted by molar-refractivity contribution is -0.367. The number of carbonyl (C=O) groups excluding carboxylic acids is 2. The van der Waals surface area contributed by atoms with Gasteiger partial charge in [0, 0.05) is 22.7 Å². The smallest absolute Gasteiger partial charge is 0.306 e. The molecule has 5 aliphatic rings. The molecule has 2 aliphatic heterocycles. The summed E-state index contributed by atoms with van der Waals surface area (Å²) in [7, 11) is 0. The van der Waals surface area contributed by atoms with E-state index in [1.165, 1.54) is 6.08 Å². The molecule has 29 heavy (non-hydrogen) atoms. The van der Waals surface area contributed by atoms with Crippen LogP contribution in [0.1, 0.15) is 26.7 Å². The van der Waals surface area contributed by atoms with Crippen molar-refractivity contribution in [2.45, 2.75) is 56.4 Å². The van der Waals surface area contributed by atoms with E-state index in [0.717, 1.165) is 0 Å². The van der Waals surface area contributed by atoms with Gasteiger partial charge in [0.05, 0.1) is 19.6 Å². The highest BCUT2D eigenvalue weighted by Crippen LogP contribution is 2.74. The Kier molecular flexibility index (Phi) is 3.69. The lowest BCUT2D eigenvalue weighted by Gasteiger charge is -2.68. The average molecular weight is 410 g/mol. The molecule has 4 fully saturated rings. The van der Waals surface area contributed by atoms with Gasteiger partial charge in [-0.2, -0.15) is 0 Å². The summed E-state index contributed by atoms with van der Waals surface area (Å²) < 4.78 is 11.4. The number of carbonyl (C=O) groups is 2. The minimum absolute atomic E-state index is 0.137. The van der Waals surface area contributed by atoms with Crippen LogP contribution in [0, 0.1) is 28.6 Å². The Labute approximate surface area is 166 Å². The van der Waals surface area contributed by atoms with Crippen molar-refractivity contribution in [1.82, 2.24) is 0 Å². The van der Waals surface area contributed by atoms with Gasteiger partial charge in [0.2, 0.25) is 0 Å². The van der Waals surface area contributed by atoms with Gasteiger partial charge >= 0.3 is 5.97 Å². The number of ketones is 1. The Balaban J connectivity index is 1.80. The molecule has 5 N–H and O–H groups in total. The highest BCUT2D eigenvalue weighted by Gasteiger charge is 2.85. The third kappa shape index (κ3) is 1.88. The number of allylic oxidation sites excluding steroid dienone is 1. The molecule has 10 atom stereocenters. The Bertz CT molecular complexity index is 840. The molecule has 2 saturated heterocycles. The molecule has 0 unspecified atom stereocenters. The predicted molar refractivity (Wildman–Crippen MR) is 93.8 cm³/mol.